The topological polar surface area (TPSA) is 412 Å². The molecular weight excluding hydrogens is 1900 g/mol. The molecule has 2 aromatic carbocycles. The van der Waals surface area contributed by atoms with Crippen LogP contribution < -0.4 is 9.47 Å². The number of pyridine rings is 8. The van der Waals surface area contributed by atoms with E-state index in [0.29, 0.717) is 62.1 Å². The number of imidazole rings is 4. The predicted molar refractivity (Wildman–Crippen MR) is 557 cm³/mol. The molecule has 0 bridgehead atoms. The first kappa shape index (κ1) is 96.2. The number of fused-ring (bicyclic) bond motifs is 8. The maximum absolute atomic E-state index is 13.7. The van der Waals surface area contributed by atoms with Gasteiger partial charge in [0.1, 0.15) is 67.2 Å². The first-order chi connectivity index (χ1) is 71.5. The van der Waals surface area contributed by atoms with Crippen molar-refractivity contribution in [3.8, 4) is 56.0 Å². The highest BCUT2D eigenvalue weighted by molar-refractivity contribution is 7.90. The van der Waals surface area contributed by atoms with Crippen molar-refractivity contribution in [3.63, 3.8) is 0 Å². The van der Waals surface area contributed by atoms with Gasteiger partial charge in [-0.1, -0.05) is 74.2 Å². The van der Waals surface area contributed by atoms with Crippen molar-refractivity contribution in [2.45, 2.75) is 125 Å². The molecule has 22 aromatic rings. The Morgan fingerprint density at radius 3 is 1.33 bits per heavy atom. The number of hydrogen-bond acceptors (Lipinski definition) is 26. The number of hydrogen-bond donors (Lipinski definition) is 2. The van der Waals surface area contributed by atoms with Gasteiger partial charge in [-0.2, -0.15) is 65.8 Å². The molecule has 26 rings (SSSR count). The van der Waals surface area contributed by atoms with Crippen LogP contribution in [0.25, 0.3) is 117 Å². The fraction of sp³-hybridized carbons (Fsp3) is 0.252. The number of aromatic nitrogens is 28. The van der Waals surface area contributed by atoms with Crippen LogP contribution in [0, 0.1) is 13.8 Å². The van der Waals surface area contributed by atoms with Crippen molar-refractivity contribution >= 4 is 104 Å². The summed E-state index contributed by atoms with van der Waals surface area (Å²) in [5.41, 5.74) is 23.6. The number of carbonyl (C=O) groups excluding carboxylic acids is 2. The predicted octanol–water partition coefficient (Wildman–Crippen LogP) is 16.4. The van der Waals surface area contributed by atoms with Gasteiger partial charge in [0, 0.05) is 220 Å². The van der Waals surface area contributed by atoms with E-state index < -0.39 is 20.0 Å². The maximum atomic E-state index is 13.7. The number of nitrogens with one attached hydrogen (secondary N) is 2. The average molecular weight is 2000 g/mol. The zero-order chi connectivity index (χ0) is 101. The number of aryl methyl sites for hydroxylation is 5. The van der Waals surface area contributed by atoms with Crippen molar-refractivity contribution < 1.29 is 35.9 Å². The van der Waals surface area contributed by atoms with Crippen LogP contribution in [0.15, 0.2) is 292 Å². The van der Waals surface area contributed by atoms with Crippen molar-refractivity contribution in [3.05, 3.63) is 321 Å². The van der Waals surface area contributed by atoms with Crippen LogP contribution in [0.4, 0.5) is 0 Å². The van der Waals surface area contributed by atoms with Crippen LogP contribution in [-0.4, -0.2) is 226 Å². The summed E-state index contributed by atoms with van der Waals surface area (Å²) in [5, 5.41) is 39.3. The van der Waals surface area contributed by atoms with Gasteiger partial charge in [0.15, 0.2) is 21.6 Å². The monoisotopic (exact) mass is 2000 g/mol. The number of H-pyrrole nitrogens is 2. The molecule has 1 saturated heterocycles. The molecule has 744 valence electrons. The number of ketones is 2. The lowest BCUT2D eigenvalue weighted by Crippen LogP contribution is -2.40. The van der Waals surface area contributed by atoms with Crippen LogP contribution >= 0.6 is 0 Å². The molecule has 147 heavy (non-hydrogen) atoms. The second-order valence-corrected chi connectivity index (χ2v) is 40.5. The molecule has 0 unspecified atom stereocenters. The number of benzene rings is 2. The van der Waals surface area contributed by atoms with Gasteiger partial charge < -0.3 is 23.2 Å². The zero-order valence-corrected chi connectivity index (χ0v) is 83.5. The molecule has 2 aliphatic heterocycles. The summed E-state index contributed by atoms with van der Waals surface area (Å²) < 4.78 is 81.2. The van der Waals surface area contributed by atoms with Crippen molar-refractivity contribution in [1.29, 1.82) is 0 Å². The Hall–Kier alpha value is -17.0. The van der Waals surface area contributed by atoms with E-state index in [1.807, 2.05) is 121 Å². The van der Waals surface area contributed by atoms with E-state index in [0.717, 1.165) is 122 Å². The highest BCUT2D eigenvalue weighted by Crippen LogP contribution is 2.36. The molecule has 3 fully saturated rings. The Kier molecular flexibility index (Phi) is 27.3. The summed E-state index contributed by atoms with van der Waals surface area (Å²) in [6.07, 6.45) is 59.8. The standard InChI is InChI=1S/C25H19N7O3S.C23H19N5O5S.C19H24N6.C16H20N4.2C12H12N4/c1-30-15-20(12-28-30)19-7-8-24-27-14-25(31(24)16-19)36(34,35)32-22-9-17(11-26-21(22)13-29-32)10-23(33)18-5-3-2-4-6-18;1-32-17-5-3-4-16(10-17)21(29)9-15-8-20-19(24-11-15)12-26-28(20)34(30,31)23-13-25-22-7-6-18(33-2)14-27(22)23;1-2-4-16(3-1)24-7-5-17(6-8-24)25-13-15(11-22-25)14-9-18-19(20-10-14)12-21-23-18;1-2-4-14(3-1)20-7-5-12(6-8-20)13-9-15-16(17-10-13)11-18-19-15;2*1-9-5-13-12-4-3-10(8-16(9)12)11-6-14-15(2)7-11/h2-9,11-16H,10H2,1H3;3-8,10-14H,9H2,1-2H3;9-13,16-17H,1-8H2,(H,21,23);5,9-11,14H,1-4,6-8H2,(H,18,19);2*3-8H,1-2H3. The zero-order valence-electron chi connectivity index (χ0n) is 81.9. The van der Waals surface area contributed by atoms with Gasteiger partial charge in [0.05, 0.1) is 99.5 Å². The Morgan fingerprint density at radius 1 is 0.367 bits per heavy atom. The molecule has 0 spiro atoms. The molecule has 0 atom stereocenters. The fourth-order valence-electron chi connectivity index (χ4n) is 19.4. The van der Waals surface area contributed by atoms with Crippen molar-refractivity contribution in [1.82, 2.24) is 145 Å². The minimum Gasteiger partial charge on any atom is -0.497 e. The molecule has 20 aromatic heterocycles. The molecule has 2 aliphatic carbocycles. The van der Waals surface area contributed by atoms with E-state index in [-0.39, 0.29) is 45.5 Å². The van der Waals surface area contributed by atoms with Gasteiger partial charge in [-0.05, 0) is 166 Å². The second-order valence-electron chi connectivity index (χ2n) is 37.1. The number of carbonyl (C=O) groups is 2. The number of aromatic amines is 2. The Morgan fingerprint density at radius 2 is 0.823 bits per heavy atom. The first-order valence-corrected chi connectivity index (χ1v) is 51.5. The summed E-state index contributed by atoms with van der Waals surface area (Å²) in [6, 6.07) is 40.6. The maximum Gasteiger partial charge on any atom is 0.301 e. The minimum atomic E-state index is -4.14. The lowest BCUT2D eigenvalue weighted by Gasteiger charge is -2.36. The van der Waals surface area contributed by atoms with E-state index in [1.165, 1.54) is 155 Å². The summed E-state index contributed by atoms with van der Waals surface area (Å²) in [7, 11) is 0.415. The quantitative estimate of drug-likeness (QED) is 0.0669. The van der Waals surface area contributed by atoms with Crippen LogP contribution in [0.3, 0.4) is 0 Å². The number of piperidine rings is 1. The average Bonchev–Trinajstić information content (AvgIpc) is 1.60. The summed E-state index contributed by atoms with van der Waals surface area (Å²) in [4.78, 5) is 65.4. The molecule has 2 saturated carbocycles. The van der Waals surface area contributed by atoms with Crippen LogP contribution in [0.2, 0.25) is 0 Å². The number of ether oxygens (including phenoxy) is 2. The molecule has 0 radical (unpaired) electrons. The van der Waals surface area contributed by atoms with E-state index in [2.05, 4.69) is 163 Å². The van der Waals surface area contributed by atoms with E-state index in [1.54, 1.807) is 124 Å². The molecule has 4 aliphatic rings. The number of methoxy groups -OCH3 is 2. The van der Waals surface area contributed by atoms with Gasteiger partial charge in [-0.3, -0.25) is 72.2 Å². The molecule has 2 N–H and O–H groups in total. The molecule has 40 heteroatoms. The van der Waals surface area contributed by atoms with Gasteiger partial charge in [-0.25, -0.2) is 19.9 Å². The third-order valence-corrected chi connectivity index (χ3v) is 30.6. The number of nitrogens with zero attached hydrogens (tertiary/aromatic N) is 28. The summed E-state index contributed by atoms with van der Waals surface area (Å²) >= 11 is 0. The second kappa shape index (κ2) is 41.8. The van der Waals surface area contributed by atoms with Crippen LogP contribution in [0.5, 0.6) is 11.5 Å². The third-order valence-electron chi connectivity index (χ3n) is 27.4. The highest BCUT2D eigenvalue weighted by atomic mass is 32.2. The van der Waals surface area contributed by atoms with Crippen LogP contribution in [0.1, 0.15) is 125 Å². The van der Waals surface area contributed by atoms with Gasteiger partial charge in [0.25, 0.3) is 0 Å². The van der Waals surface area contributed by atoms with E-state index in [4.69, 9.17) is 9.47 Å². The normalized spacial score (nSPS) is 14.5. The largest absolute Gasteiger partial charge is 0.497 e. The molecule has 0 amide bonds. The third kappa shape index (κ3) is 20.7. The SMILES string of the molecule is C1=C(c2cnc3cn[nH]c3c2)CCN(C2CCCC2)C1.COc1cccc(C(=O)Cc2cnc3cnn(S(=O)(=O)c4cnc5ccc(OC)cn45)c3c2)c1.Cc1cnc2ccc(-c3cnn(C)c3)cn12.Cc1cnc2ccc(-c3cnn(C)c3)cn12.Cn1cc(-c2ccc3ncc(S(=O)(=O)n4ncc5ncc(CC(=O)c6ccccc6)cc54)n3c2)cn1.c1nc2cn[nH]c2cc1-c1cnn(C2CCN(C3CCCC3)CC2)c1. The number of Topliss-reactive ketones (excluding diaryl/α,β-unsaturated/α-hetero) is 2. The molecule has 22 heterocycles. The van der Waals surface area contributed by atoms with E-state index in [9.17, 15) is 26.4 Å². The van der Waals surface area contributed by atoms with Gasteiger partial charge in [-0.15, -0.1) is 0 Å². The molecule has 38 nitrogen and oxygen atoms in total. The van der Waals surface area contributed by atoms with Crippen molar-refractivity contribution in [2.24, 2.45) is 21.1 Å². The van der Waals surface area contributed by atoms with Crippen molar-refractivity contribution in [2.75, 3.05) is 40.4 Å². The number of rotatable bonds is 20. The first-order valence-electron chi connectivity index (χ1n) is 48.6. The van der Waals surface area contributed by atoms with Gasteiger partial charge >= 0.3 is 20.0 Å². The Labute approximate surface area is 844 Å². The summed E-state index contributed by atoms with van der Waals surface area (Å²) in [6.45, 7) is 8.82. The number of likely N-dealkylation sites (tertiary alicyclic amines) is 1. The Balaban J connectivity index is 0.000000106. The lowest BCUT2D eigenvalue weighted by molar-refractivity contribution is 0.0984. The van der Waals surface area contributed by atoms with Crippen LogP contribution in [-0.2, 0) is 54.0 Å². The smallest absolute Gasteiger partial charge is 0.301 e. The minimum absolute atomic E-state index is 0.0359. The van der Waals surface area contributed by atoms with Gasteiger partial charge in [0.2, 0.25) is 0 Å². The van der Waals surface area contributed by atoms with E-state index >= 15 is 0 Å². The fourth-order valence-corrected chi connectivity index (χ4v) is 22.1. The highest BCUT2D eigenvalue weighted by Gasteiger charge is 2.32. The molecular formula is C107H106N30O8S2. The summed E-state index contributed by atoms with van der Waals surface area (Å²) in [5.74, 6) is 0.818. The lowest BCUT2D eigenvalue weighted by atomic mass is 9.99. The Bertz CT molecular complexity index is 8720.